The maximum atomic E-state index is 14.0. The van der Waals surface area contributed by atoms with E-state index in [1.807, 2.05) is 43.3 Å². The standard InChI is InChI=1S/C33H34F2N4O3/c1-2-3-7-30(40)39(33(32(41)42)14-5-4-6-15-33)20-22-8-10-23(11-9-22)29-18-24(25-16-26(34)19-27(35)17-25)12-13-28(29)31-36-21-37-38-31/h8-13,16-19H,2-7,14-15,20-21H2,1H3,(H,41,42). The van der Waals surface area contributed by atoms with Gasteiger partial charge in [0, 0.05) is 24.6 Å². The molecule has 5 rings (SSSR count). The summed E-state index contributed by atoms with van der Waals surface area (Å²) in [4.78, 5) is 32.0. The largest absolute Gasteiger partial charge is 0.479 e. The molecule has 1 saturated carbocycles. The van der Waals surface area contributed by atoms with Crippen molar-refractivity contribution in [3.8, 4) is 22.3 Å². The molecule has 3 aromatic carbocycles. The predicted octanol–water partition coefficient (Wildman–Crippen LogP) is 7.78. The zero-order valence-corrected chi connectivity index (χ0v) is 23.7. The molecule has 1 N–H and O–H groups in total. The van der Waals surface area contributed by atoms with E-state index in [0.29, 0.717) is 42.6 Å². The van der Waals surface area contributed by atoms with Gasteiger partial charge in [0.2, 0.25) is 5.91 Å². The minimum Gasteiger partial charge on any atom is -0.479 e. The maximum absolute atomic E-state index is 14.0. The van der Waals surface area contributed by atoms with Crippen molar-refractivity contribution >= 4 is 17.7 Å². The molecule has 1 aliphatic heterocycles. The van der Waals surface area contributed by atoms with E-state index in [4.69, 9.17) is 0 Å². The molecule has 2 aliphatic rings. The molecule has 1 heterocycles. The van der Waals surface area contributed by atoms with Crippen LogP contribution in [0.2, 0.25) is 0 Å². The average Bonchev–Trinajstić information content (AvgIpc) is 3.53. The van der Waals surface area contributed by atoms with Crippen LogP contribution in [-0.2, 0) is 16.1 Å². The monoisotopic (exact) mass is 572 g/mol. The lowest BCUT2D eigenvalue weighted by atomic mass is 9.79. The molecule has 0 atom stereocenters. The Hall–Kier alpha value is -4.27. The normalized spacial score (nSPS) is 15.8. The van der Waals surface area contributed by atoms with Gasteiger partial charge in [0.05, 0.1) is 0 Å². The molecule has 0 spiro atoms. The summed E-state index contributed by atoms with van der Waals surface area (Å²) in [6.45, 7) is 2.44. The van der Waals surface area contributed by atoms with E-state index in [1.165, 1.54) is 12.1 Å². The number of unbranched alkanes of at least 4 members (excludes halogenated alkanes) is 1. The Morgan fingerprint density at radius 3 is 2.19 bits per heavy atom. The number of carbonyl (C=O) groups excluding carboxylic acids is 1. The van der Waals surface area contributed by atoms with Crippen molar-refractivity contribution < 1.29 is 23.5 Å². The van der Waals surface area contributed by atoms with Crippen LogP contribution in [0.4, 0.5) is 8.78 Å². The second-order valence-corrected chi connectivity index (χ2v) is 11.0. The van der Waals surface area contributed by atoms with E-state index >= 15 is 0 Å². The maximum Gasteiger partial charge on any atom is 0.329 e. The molecule has 0 unspecified atom stereocenters. The first-order valence-electron chi connectivity index (χ1n) is 14.5. The molecule has 0 bridgehead atoms. The fourth-order valence-corrected chi connectivity index (χ4v) is 5.90. The average molecular weight is 573 g/mol. The minimum absolute atomic E-state index is 0.132. The summed E-state index contributed by atoms with van der Waals surface area (Å²) in [5, 5.41) is 18.4. The van der Waals surface area contributed by atoms with Gasteiger partial charge < -0.3 is 10.0 Å². The van der Waals surface area contributed by atoms with Crippen LogP contribution in [0.5, 0.6) is 0 Å². The van der Waals surface area contributed by atoms with Crippen LogP contribution in [0.3, 0.4) is 0 Å². The number of nitrogens with zero attached hydrogens (tertiary/aromatic N) is 4. The van der Waals surface area contributed by atoms with Gasteiger partial charge in [0.25, 0.3) is 0 Å². The summed E-state index contributed by atoms with van der Waals surface area (Å²) < 4.78 is 28.0. The molecule has 1 fully saturated rings. The molecule has 0 saturated heterocycles. The molecular formula is C33H34F2N4O3. The van der Waals surface area contributed by atoms with Gasteiger partial charge in [-0.3, -0.25) is 4.79 Å². The topological polar surface area (TPSA) is 94.7 Å². The van der Waals surface area contributed by atoms with E-state index in [1.54, 1.807) is 11.0 Å². The van der Waals surface area contributed by atoms with Crippen LogP contribution in [0, 0.1) is 11.6 Å². The van der Waals surface area contributed by atoms with Crippen LogP contribution >= 0.6 is 0 Å². The van der Waals surface area contributed by atoms with Crippen LogP contribution in [0.25, 0.3) is 22.3 Å². The number of azo groups is 1. The predicted molar refractivity (Wildman–Crippen MR) is 157 cm³/mol. The van der Waals surface area contributed by atoms with Gasteiger partial charge in [0.15, 0.2) is 12.5 Å². The summed E-state index contributed by atoms with van der Waals surface area (Å²) in [5.41, 5.74) is 2.94. The zero-order chi connectivity index (χ0) is 29.7. The van der Waals surface area contributed by atoms with E-state index < -0.39 is 23.1 Å². The molecule has 1 amide bonds. The van der Waals surface area contributed by atoms with Gasteiger partial charge >= 0.3 is 5.97 Å². The van der Waals surface area contributed by atoms with Crippen LogP contribution in [0.15, 0.2) is 75.9 Å². The van der Waals surface area contributed by atoms with Crippen LogP contribution < -0.4 is 0 Å². The highest BCUT2D eigenvalue weighted by Gasteiger charge is 2.46. The van der Waals surface area contributed by atoms with Crippen molar-refractivity contribution in [1.29, 1.82) is 0 Å². The number of aliphatic imine (C=N–C) groups is 1. The number of hydrogen-bond donors (Lipinski definition) is 1. The van der Waals surface area contributed by atoms with Crippen molar-refractivity contribution in [2.75, 3.05) is 6.67 Å². The quantitative estimate of drug-likeness (QED) is 0.269. The molecule has 42 heavy (non-hydrogen) atoms. The number of carboxylic acid groups (broad SMARTS) is 1. The summed E-state index contributed by atoms with van der Waals surface area (Å²) in [7, 11) is 0. The Labute approximate surface area is 244 Å². The number of rotatable bonds is 10. The van der Waals surface area contributed by atoms with Gasteiger partial charge in [-0.2, -0.15) is 5.11 Å². The summed E-state index contributed by atoms with van der Waals surface area (Å²) in [6, 6.07) is 16.4. The molecule has 0 aromatic heterocycles. The highest BCUT2D eigenvalue weighted by Crippen LogP contribution is 2.37. The zero-order valence-electron chi connectivity index (χ0n) is 23.7. The van der Waals surface area contributed by atoms with Gasteiger partial charge in [-0.25, -0.2) is 18.6 Å². The molecule has 7 nitrogen and oxygen atoms in total. The van der Waals surface area contributed by atoms with Crippen molar-refractivity contribution in [2.24, 2.45) is 15.2 Å². The van der Waals surface area contributed by atoms with Crippen LogP contribution in [-0.4, -0.2) is 39.9 Å². The third kappa shape index (κ3) is 6.15. The lowest BCUT2D eigenvalue weighted by Crippen LogP contribution is -2.57. The number of carboxylic acids is 1. The van der Waals surface area contributed by atoms with Crippen molar-refractivity contribution in [3.05, 3.63) is 83.4 Å². The number of benzene rings is 3. The first-order valence-corrected chi connectivity index (χ1v) is 14.5. The molecule has 0 radical (unpaired) electrons. The van der Waals surface area contributed by atoms with Gasteiger partial charge in [0.1, 0.15) is 17.2 Å². The van der Waals surface area contributed by atoms with Crippen LogP contribution in [0.1, 0.15) is 69.4 Å². The minimum atomic E-state index is -1.20. The number of aliphatic carboxylic acids is 1. The smallest absolute Gasteiger partial charge is 0.329 e. The Bertz CT molecular complexity index is 1510. The Balaban J connectivity index is 1.50. The van der Waals surface area contributed by atoms with Crippen molar-refractivity contribution in [1.82, 2.24) is 4.90 Å². The first-order chi connectivity index (χ1) is 20.3. The summed E-state index contributed by atoms with van der Waals surface area (Å²) in [5.74, 6) is -1.93. The molecule has 218 valence electrons. The summed E-state index contributed by atoms with van der Waals surface area (Å²) in [6.07, 6.45) is 5.29. The van der Waals surface area contributed by atoms with Crippen molar-refractivity contribution in [2.45, 2.75) is 70.4 Å². The fourth-order valence-electron chi connectivity index (χ4n) is 5.90. The van der Waals surface area contributed by atoms with Gasteiger partial charge in [-0.15, -0.1) is 5.11 Å². The van der Waals surface area contributed by atoms with E-state index in [2.05, 4.69) is 15.2 Å². The van der Waals surface area contributed by atoms with E-state index in [-0.39, 0.29) is 19.1 Å². The van der Waals surface area contributed by atoms with Crippen molar-refractivity contribution in [3.63, 3.8) is 0 Å². The molecular weight excluding hydrogens is 538 g/mol. The van der Waals surface area contributed by atoms with E-state index in [0.717, 1.165) is 54.0 Å². The third-order valence-electron chi connectivity index (χ3n) is 8.15. The van der Waals surface area contributed by atoms with Gasteiger partial charge in [-0.05, 0) is 71.3 Å². The highest BCUT2D eigenvalue weighted by atomic mass is 19.1. The Morgan fingerprint density at radius 1 is 0.881 bits per heavy atom. The molecule has 9 heteroatoms. The number of amidine groups is 1. The second-order valence-electron chi connectivity index (χ2n) is 11.0. The fraction of sp³-hybridized carbons (Fsp3) is 0.364. The third-order valence-corrected chi connectivity index (χ3v) is 8.15. The first kappa shape index (κ1) is 29.2. The van der Waals surface area contributed by atoms with Gasteiger partial charge in [-0.1, -0.05) is 62.9 Å². The SMILES string of the molecule is CCCCC(=O)N(Cc1ccc(-c2cc(-c3cc(F)cc(F)c3)ccc2C2=NCN=N2)cc1)C1(C(=O)O)CCCCC1. The number of amides is 1. The molecule has 1 aliphatic carbocycles. The Morgan fingerprint density at radius 2 is 1.57 bits per heavy atom. The number of carbonyl (C=O) groups is 2. The number of hydrogen-bond acceptors (Lipinski definition) is 5. The highest BCUT2D eigenvalue weighted by molar-refractivity contribution is 6.06. The lowest BCUT2D eigenvalue weighted by molar-refractivity contribution is -0.163. The van der Waals surface area contributed by atoms with E-state index in [9.17, 15) is 23.5 Å². The molecule has 3 aromatic rings. The lowest BCUT2D eigenvalue weighted by Gasteiger charge is -2.43. The second kappa shape index (κ2) is 12.7. The Kier molecular flexibility index (Phi) is 8.85. The number of halogens is 2. The summed E-state index contributed by atoms with van der Waals surface area (Å²) >= 11 is 0.